The third-order valence-corrected chi connectivity index (χ3v) is 3.69. The predicted molar refractivity (Wildman–Crippen MR) is 91.5 cm³/mol. The van der Waals surface area contributed by atoms with Gasteiger partial charge in [-0.3, -0.25) is 14.6 Å². The van der Waals surface area contributed by atoms with Crippen molar-refractivity contribution < 1.29 is 14.7 Å². The molecule has 1 amide bonds. The van der Waals surface area contributed by atoms with Crippen molar-refractivity contribution in [3.8, 4) is 5.75 Å². The zero-order valence-electron chi connectivity index (χ0n) is 14.0. The van der Waals surface area contributed by atoms with E-state index in [1.807, 2.05) is 32.0 Å². The molecule has 5 nitrogen and oxygen atoms in total. The molecule has 0 aliphatic rings. The second-order valence-corrected chi connectivity index (χ2v) is 6.55. The van der Waals surface area contributed by atoms with Crippen molar-refractivity contribution >= 4 is 11.7 Å². The van der Waals surface area contributed by atoms with E-state index in [2.05, 4.69) is 10.3 Å². The summed E-state index contributed by atoms with van der Waals surface area (Å²) in [5, 5.41) is 12.4. The highest BCUT2D eigenvalue weighted by Gasteiger charge is 2.26. The highest BCUT2D eigenvalue weighted by atomic mass is 16.3. The number of hydrogen-bond acceptors (Lipinski definition) is 4. The van der Waals surface area contributed by atoms with Crippen molar-refractivity contribution in [1.29, 1.82) is 0 Å². The molecular weight excluding hydrogens is 304 g/mol. The van der Waals surface area contributed by atoms with Crippen LogP contribution in [0.25, 0.3) is 0 Å². The predicted octanol–water partition coefficient (Wildman–Crippen LogP) is 3.09. The van der Waals surface area contributed by atoms with Gasteiger partial charge in [-0.2, -0.15) is 0 Å². The Morgan fingerprint density at radius 3 is 2.46 bits per heavy atom. The Labute approximate surface area is 141 Å². The molecular formula is C19H22N2O3. The van der Waals surface area contributed by atoms with Crippen LogP contribution in [-0.4, -0.2) is 21.8 Å². The lowest BCUT2D eigenvalue weighted by Gasteiger charge is -2.23. The van der Waals surface area contributed by atoms with Gasteiger partial charge in [0, 0.05) is 24.6 Å². The average molecular weight is 326 g/mol. The molecule has 0 atom stereocenters. The van der Waals surface area contributed by atoms with Gasteiger partial charge in [0.1, 0.15) is 11.4 Å². The number of ketones is 1. The molecule has 2 N–H and O–H groups in total. The summed E-state index contributed by atoms with van der Waals surface area (Å²) < 4.78 is 0. The first kappa shape index (κ1) is 17.7. The Morgan fingerprint density at radius 1 is 1.08 bits per heavy atom. The van der Waals surface area contributed by atoms with E-state index in [0.29, 0.717) is 17.7 Å². The first-order chi connectivity index (χ1) is 11.4. The van der Waals surface area contributed by atoms with Crippen LogP contribution in [0.2, 0.25) is 0 Å². The van der Waals surface area contributed by atoms with Crippen LogP contribution < -0.4 is 5.32 Å². The second kappa shape index (κ2) is 7.73. The number of nitrogens with one attached hydrogen (secondary N) is 1. The van der Waals surface area contributed by atoms with Gasteiger partial charge >= 0.3 is 0 Å². The molecule has 1 aromatic heterocycles. The van der Waals surface area contributed by atoms with Gasteiger partial charge in [-0.1, -0.05) is 44.2 Å². The summed E-state index contributed by atoms with van der Waals surface area (Å²) in [6.45, 7) is 3.95. The summed E-state index contributed by atoms with van der Waals surface area (Å²) in [4.78, 5) is 28.4. The molecule has 24 heavy (non-hydrogen) atoms. The third-order valence-electron chi connectivity index (χ3n) is 3.69. The highest BCUT2D eigenvalue weighted by Crippen LogP contribution is 2.27. The minimum absolute atomic E-state index is 0.0239. The lowest BCUT2D eigenvalue weighted by molar-refractivity contribution is -0.123. The SMILES string of the molecule is CC(C)(CC(=O)NCc1ncccc1O)CC(=O)c1ccccc1. The molecule has 0 unspecified atom stereocenters. The van der Waals surface area contributed by atoms with Crippen molar-refractivity contribution in [3.63, 3.8) is 0 Å². The first-order valence-corrected chi connectivity index (χ1v) is 7.85. The summed E-state index contributed by atoms with van der Waals surface area (Å²) in [6.07, 6.45) is 2.07. The van der Waals surface area contributed by atoms with E-state index < -0.39 is 5.41 Å². The maximum absolute atomic E-state index is 12.3. The molecule has 0 fully saturated rings. The maximum Gasteiger partial charge on any atom is 0.220 e. The van der Waals surface area contributed by atoms with Crippen LogP contribution in [-0.2, 0) is 11.3 Å². The number of benzene rings is 1. The monoisotopic (exact) mass is 326 g/mol. The number of aromatic nitrogens is 1. The number of hydrogen-bond donors (Lipinski definition) is 2. The number of carbonyl (C=O) groups excluding carboxylic acids is 2. The van der Waals surface area contributed by atoms with Gasteiger partial charge in [0.05, 0.1) is 6.54 Å². The van der Waals surface area contributed by atoms with Crippen LogP contribution in [0.5, 0.6) is 5.75 Å². The first-order valence-electron chi connectivity index (χ1n) is 7.85. The summed E-state index contributed by atoms with van der Waals surface area (Å²) in [5.41, 5.74) is 0.622. The Kier molecular flexibility index (Phi) is 5.68. The average Bonchev–Trinajstić information content (AvgIpc) is 2.54. The second-order valence-electron chi connectivity index (χ2n) is 6.55. The van der Waals surface area contributed by atoms with Crippen LogP contribution in [0.15, 0.2) is 48.7 Å². The minimum Gasteiger partial charge on any atom is -0.506 e. The van der Waals surface area contributed by atoms with Gasteiger partial charge in [0.25, 0.3) is 0 Å². The van der Waals surface area contributed by atoms with E-state index in [1.165, 1.54) is 6.07 Å². The number of rotatable bonds is 7. The molecule has 126 valence electrons. The van der Waals surface area contributed by atoms with Crippen LogP contribution in [0.3, 0.4) is 0 Å². The van der Waals surface area contributed by atoms with Gasteiger partial charge in [0.2, 0.25) is 5.91 Å². The van der Waals surface area contributed by atoms with Gasteiger partial charge in [0.15, 0.2) is 5.78 Å². The van der Waals surface area contributed by atoms with Crippen LogP contribution in [0, 0.1) is 5.41 Å². The van der Waals surface area contributed by atoms with E-state index in [-0.39, 0.29) is 30.4 Å². The van der Waals surface area contributed by atoms with Crippen molar-refractivity contribution in [2.24, 2.45) is 5.41 Å². The van der Waals surface area contributed by atoms with E-state index in [0.717, 1.165) is 0 Å². The molecule has 5 heteroatoms. The van der Waals surface area contributed by atoms with Crippen LogP contribution in [0.1, 0.15) is 42.7 Å². The smallest absolute Gasteiger partial charge is 0.220 e. The Morgan fingerprint density at radius 2 is 1.79 bits per heavy atom. The molecule has 0 spiro atoms. The highest BCUT2D eigenvalue weighted by molar-refractivity contribution is 5.96. The van der Waals surface area contributed by atoms with Gasteiger partial charge in [-0.25, -0.2) is 0 Å². The van der Waals surface area contributed by atoms with Gasteiger partial charge in [-0.05, 0) is 17.5 Å². The maximum atomic E-state index is 12.3. The fourth-order valence-electron chi connectivity index (χ4n) is 2.47. The lowest BCUT2D eigenvalue weighted by Crippen LogP contribution is -2.30. The molecule has 2 aromatic rings. The van der Waals surface area contributed by atoms with E-state index >= 15 is 0 Å². The molecule has 0 aliphatic carbocycles. The van der Waals surface area contributed by atoms with Gasteiger partial charge < -0.3 is 10.4 Å². The Balaban J connectivity index is 1.88. The zero-order chi connectivity index (χ0) is 17.6. The Bertz CT molecular complexity index is 712. The summed E-state index contributed by atoms with van der Waals surface area (Å²) >= 11 is 0. The summed E-state index contributed by atoms with van der Waals surface area (Å²) in [6, 6.07) is 12.2. The number of Topliss-reactive ketones (excluding diaryl/α,β-unsaturated/α-hetero) is 1. The van der Waals surface area contributed by atoms with E-state index in [1.54, 1.807) is 24.4 Å². The quantitative estimate of drug-likeness (QED) is 0.766. The molecule has 1 heterocycles. The number of carbonyl (C=O) groups is 2. The molecule has 2 rings (SSSR count). The summed E-state index contributed by atoms with van der Waals surface area (Å²) in [5.74, 6) is -0.0991. The normalized spacial score (nSPS) is 11.1. The number of nitrogens with zero attached hydrogens (tertiary/aromatic N) is 1. The molecule has 0 radical (unpaired) electrons. The standard InChI is InChI=1S/C19H22N2O3/c1-19(2,11-17(23)14-7-4-3-5-8-14)12-18(24)21-13-15-16(22)9-6-10-20-15/h3-10,22H,11-13H2,1-2H3,(H,21,24). The van der Waals surface area contributed by atoms with Crippen molar-refractivity contribution in [1.82, 2.24) is 10.3 Å². The van der Waals surface area contributed by atoms with Crippen LogP contribution >= 0.6 is 0 Å². The van der Waals surface area contributed by atoms with Gasteiger partial charge in [-0.15, -0.1) is 0 Å². The van der Waals surface area contributed by atoms with Crippen molar-refractivity contribution in [3.05, 3.63) is 59.9 Å². The minimum atomic E-state index is -0.455. The topological polar surface area (TPSA) is 79.3 Å². The largest absolute Gasteiger partial charge is 0.506 e. The number of amides is 1. The molecule has 1 aromatic carbocycles. The number of pyridine rings is 1. The molecule has 0 bridgehead atoms. The van der Waals surface area contributed by atoms with Crippen LogP contribution in [0.4, 0.5) is 0 Å². The third kappa shape index (κ3) is 5.19. The number of aromatic hydroxyl groups is 1. The zero-order valence-corrected chi connectivity index (χ0v) is 14.0. The lowest BCUT2D eigenvalue weighted by atomic mass is 9.82. The molecule has 0 saturated heterocycles. The molecule has 0 saturated carbocycles. The molecule has 0 aliphatic heterocycles. The van der Waals surface area contributed by atoms with E-state index in [4.69, 9.17) is 0 Å². The van der Waals surface area contributed by atoms with E-state index in [9.17, 15) is 14.7 Å². The fraction of sp³-hybridized carbons (Fsp3) is 0.316. The van der Waals surface area contributed by atoms with Crippen molar-refractivity contribution in [2.45, 2.75) is 33.2 Å². The van der Waals surface area contributed by atoms with Crippen molar-refractivity contribution in [2.75, 3.05) is 0 Å². The fourth-order valence-corrected chi connectivity index (χ4v) is 2.47. The summed E-state index contributed by atoms with van der Waals surface area (Å²) in [7, 11) is 0. The Hall–Kier alpha value is -2.69.